The van der Waals surface area contributed by atoms with Gasteiger partial charge in [0, 0.05) is 13.7 Å². The van der Waals surface area contributed by atoms with Gasteiger partial charge >= 0.3 is 0 Å². The van der Waals surface area contributed by atoms with Crippen LogP contribution in [0.5, 0.6) is 0 Å². The molecule has 0 unspecified atom stereocenters. The highest BCUT2D eigenvalue weighted by Crippen LogP contribution is 1.90. The van der Waals surface area contributed by atoms with Crippen molar-refractivity contribution in [3.05, 3.63) is 19.1 Å². The van der Waals surface area contributed by atoms with Gasteiger partial charge in [0.1, 0.15) is 0 Å². The van der Waals surface area contributed by atoms with Crippen molar-refractivity contribution in [3.8, 4) is 0 Å². The first-order chi connectivity index (χ1) is 4.41. The van der Waals surface area contributed by atoms with Crippen molar-refractivity contribution >= 4 is 0 Å². The maximum atomic E-state index is 4.86. The summed E-state index contributed by atoms with van der Waals surface area (Å²) in [5.74, 6) is 0. The Hall–Kier alpha value is -0.300. The highest BCUT2D eigenvalue weighted by Gasteiger charge is 1.76. The molecular formula is C8H15O. The molecule has 0 aromatic rings. The summed E-state index contributed by atoms with van der Waals surface area (Å²) < 4.78 is 4.86. The van der Waals surface area contributed by atoms with E-state index in [9.17, 15) is 0 Å². The summed E-state index contributed by atoms with van der Waals surface area (Å²) in [5, 5.41) is 0. The van der Waals surface area contributed by atoms with Crippen molar-refractivity contribution in [1.82, 2.24) is 0 Å². The predicted octanol–water partition coefficient (Wildman–Crippen LogP) is 2.19. The Balaban J connectivity index is 2.86. The van der Waals surface area contributed by atoms with Crippen LogP contribution in [-0.4, -0.2) is 13.7 Å². The number of hydrogen-bond donors (Lipinski definition) is 0. The van der Waals surface area contributed by atoms with E-state index < -0.39 is 0 Å². The zero-order valence-corrected chi connectivity index (χ0v) is 6.10. The second kappa shape index (κ2) is 7.70. The molecule has 0 fully saturated rings. The zero-order valence-electron chi connectivity index (χ0n) is 6.10. The summed E-state index contributed by atoms with van der Waals surface area (Å²) in [4.78, 5) is 0. The van der Waals surface area contributed by atoms with E-state index in [-0.39, 0.29) is 0 Å². The fraction of sp³-hybridized carbons (Fsp3) is 0.625. The third-order valence-corrected chi connectivity index (χ3v) is 1.03. The third kappa shape index (κ3) is 7.70. The Morgan fingerprint density at radius 1 is 1.33 bits per heavy atom. The van der Waals surface area contributed by atoms with Crippen LogP contribution >= 0.6 is 0 Å². The summed E-state index contributed by atoms with van der Waals surface area (Å²) >= 11 is 0. The van der Waals surface area contributed by atoms with Gasteiger partial charge in [-0.05, 0) is 19.3 Å². The van der Waals surface area contributed by atoms with Crippen molar-refractivity contribution in [2.24, 2.45) is 0 Å². The molecule has 0 rings (SSSR count). The van der Waals surface area contributed by atoms with Gasteiger partial charge < -0.3 is 4.74 Å². The molecule has 0 aromatic heterocycles. The molecule has 0 aliphatic rings. The van der Waals surface area contributed by atoms with E-state index in [2.05, 4.69) is 19.1 Å². The molecule has 0 N–H and O–H groups in total. The number of allylic oxidation sites excluding steroid dienone is 1. The number of ether oxygens (including phenoxy) is 1. The average molecular weight is 127 g/mol. The van der Waals surface area contributed by atoms with E-state index in [1.165, 1.54) is 0 Å². The van der Waals surface area contributed by atoms with Crippen LogP contribution in [0.3, 0.4) is 0 Å². The van der Waals surface area contributed by atoms with Crippen LogP contribution in [0.4, 0.5) is 0 Å². The van der Waals surface area contributed by atoms with E-state index >= 15 is 0 Å². The van der Waals surface area contributed by atoms with E-state index in [1.807, 2.05) is 0 Å². The Morgan fingerprint density at radius 2 is 2.00 bits per heavy atom. The first kappa shape index (κ1) is 8.70. The van der Waals surface area contributed by atoms with Gasteiger partial charge in [0.25, 0.3) is 0 Å². The SMILES string of the molecule is [CH2]CCC=CCCOC. The van der Waals surface area contributed by atoms with Crippen LogP contribution in [0.1, 0.15) is 19.3 Å². The Bertz CT molecular complexity index is 67.0. The Morgan fingerprint density at radius 3 is 2.56 bits per heavy atom. The van der Waals surface area contributed by atoms with Gasteiger partial charge in [-0.2, -0.15) is 0 Å². The van der Waals surface area contributed by atoms with Crippen molar-refractivity contribution in [3.63, 3.8) is 0 Å². The number of rotatable bonds is 5. The molecule has 0 aliphatic carbocycles. The van der Waals surface area contributed by atoms with Crippen LogP contribution in [0.15, 0.2) is 12.2 Å². The van der Waals surface area contributed by atoms with Gasteiger partial charge in [0.15, 0.2) is 0 Å². The minimum absolute atomic E-state index is 0.827. The quantitative estimate of drug-likeness (QED) is 0.406. The summed E-state index contributed by atoms with van der Waals surface area (Å²) in [7, 11) is 1.72. The van der Waals surface area contributed by atoms with Crippen molar-refractivity contribution in [1.29, 1.82) is 0 Å². The highest BCUT2D eigenvalue weighted by atomic mass is 16.5. The molecule has 0 aliphatic heterocycles. The van der Waals surface area contributed by atoms with E-state index in [0.29, 0.717) is 0 Å². The Labute approximate surface area is 57.7 Å². The van der Waals surface area contributed by atoms with E-state index in [0.717, 1.165) is 25.9 Å². The fourth-order valence-corrected chi connectivity index (χ4v) is 0.539. The lowest BCUT2D eigenvalue weighted by atomic mass is 10.3. The lowest BCUT2D eigenvalue weighted by Gasteiger charge is -1.89. The molecule has 0 heterocycles. The van der Waals surface area contributed by atoms with Crippen LogP contribution in [0.25, 0.3) is 0 Å². The van der Waals surface area contributed by atoms with E-state index in [1.54, 1.807) is 7.11 Å². The minimum atomic E-state index is 0.827. The molecule has 9 heavy (non-hydrogen) atoms. The molecule has 1 heteroatoms. The molecule has 0 spiro atoms. The van der Waals surface area contributed by atoms with Gasteiger partial charge in [-0.1, -0.05) is 19.1 Å². The van der Waals surface area contributed by atoms with Crippen molar-refractivity contribution < 1.29 is 4.74 Å². The summed E-state index contributed by atoms with van der Waals surface area (Å²) in [5.41, 5.74) is 0. The second-order valence-corrected chi connectivity index (χ2v) is 1.90. The smallest absolute Gasteiger partial charge is 0.0496 e. The number of methoxy groups -OCH3 is 1. The molecule has 0 saturated carbocycles. The first-order valence-electron chi connectivity index (χ1n) is 3.35. The molecule has 53 valence electrons. The molecule has 1 nitrogen and oxygen atoms in total. The van der Waals surface area contributed by atoms with Gasteiger partial charge in [-0.25, -0.2) is 0 Å². The largest absolute Gasteiger partial charge is 0.384 e. The fourth-order valence-electron chi connectivity index (χ4n) is 0.539. The van der Waals surface area contributed by atoms with Crippen LogP contribution < -0.4 is 0 Å². The van der Waals surface area contributed by atoms with Gasteiger partial charge in [0.2, 0.25) is 0 Å². The predicted molar refractivity (Wildman–Crippen MR) is 40.2 cm³/mol. The molecule has 0 saturated heterocycles. The minimum Gasteiger partial charge on any atom is -0.384 e. The molecular weight excluding hydrogens is 112 g/mol. The van der Waals surface area contributed by atoms with Crippen LogP contribution in [0, 0.1) is 6.92 Å². The van der Waals surface area contributed by atoms with Gasteiger partial charge in [-0.3, -0.25) is 0 Å². The molecule has 0 amide bonds. The highest BCUT2D eigenvalue weighted by molar-refractivity contribution is 4.81. The second-order valence-electron chi connectivity index (χ2n) is 1.90. The van der Waals surface area contributed by atoms with E-state index in [4.69, 9.17) is 4.74 Å². The summed E-state index contributed by atoms with van der Waals surface area (Å²) in [6.07, 6.45) is 7.38. The Kier molecular flexibility index (Phi) is 7.44. The van der Waals surface area contributed by atoms with Crippen molar-refractivity contribution in [2.75, 3.05) is 13.7 Å². The molecule has 1 radical (unpaired) electrons. The average Bonchev–Trinajstić information content (AvgIpc) is 1.89. The first-order valence-corrected chi connectivity index (χ1v) is 3.35. The number of unbranched alkanes of at least 4 members (excludes halogenated alkanes) is 1. The number of hydrogen-bond acceptors (Lipinski definition) is 1. The summed E-state index contributed by atoms with van der Waals surface area (Å²) in [6, 6.07) is 0. The summed E-state index contributed by atoms with van der Waals surface area (Å²) in [6.45, 7) is 4.55. The molecule has 0 atom stereocenters. The topological polar surface area (TPSA) is 9.23 Å². The third-order valence-electron chi connectivity index (χ3n) is 1.03. The lowest BCUT2D eigenvalue weighted by molar-refractivity contribution is 0.204. The van der Waals surface area contributed by atoms with Crippen LogP contribution in [-0.2, 0) is 4.74 Å². The van der Waals surface area contributed by atoms with Crippen LogP contribution in [0.2, 0.25) is 0 Å². The monoisotopic (exact) mass is 127 g/mol. The van der Waals surface area contributed by atoms with Gasteiger partial charge in [-0.15, -0.1) is 0 Å². The normalized spacial score (nSPS) is 10.9. The zero-order chi connectivity index (χ0) is 6.95. The maximum absolute atomic E-state index is 4.86. The van der Waals surface area contributed by atoms with Gasteiger partial charge in [0.05, 0.1) is 0 Å². The molecule has 0 aromatic carbocycles. The molecule has 0 bridgehead atoms. The lowest BCUT2D eigenvalue weighted by Crippen LogP contribution is -1.83. The van der Waals surface area contributed by atoms with Crippen molar-refractivity contribution in [2.45, 2.75) is 19.3 Å². The standard InChI is InChI=1S/C8H15O/c1-3-4-5-6-7-8-9-2/h5-6H,1,3-4,7-8H2,2H3. The maximum Gasteiger partial charge on any atom is 0.0496 e.